The Morgan fingerprint density at radius 2 is 0.950 bits per heavy atom. The van der Waals surface area contributed by atoms with E-state index in [1.807, 2.05) is 0 Å². The summed E-state index contributed by atoms with van der Waals surface area (Å²) in [7, 11) is -4.52. The van der Waals surface area contributed by atoms with Gasteiger partial charge < -0.3 is 24.6 Å². The molecule has 0 saturated heterocycles. The largest absolute Gasteiger partial charge is 0.472 e. The zero-order valence-corrected chi connectivity index (χ0v) is 39.6. The highest BCUT2D eigenvalue weighted by molar-refractivity contribution is 7.47. The SMILES string of the molecule is CC/C=C\C/C=C\C/C=C\C/C=C\CCCCCCCCCCCOCC(COP(=O)(O)OCC(O)CO)OC(=O)CCCCCCCCCCCCCCCCCCC. The average Bonchev–Trinajstić information content (AvgIpc) is 3.24. The molecule has 0 rings (SSSR count). The fourth-order valence-corrected chi connectivity index (χ4v) is 7.61. The van der Waals surface area contributed by atoms with E-state index in [9.17, 15) is 19.4 Å². The van der Waals surface area contributed by atoms with E-state index in [1.54, 1.807) is 0 Å². The third-order valence-electron chi connectivity index (χ3n) is 10.5. The molecule has 352 valence electrons. The quantitative estimate of drug-likeness (QED) is 0.0237. The van der Waals surface area contributed by atoms with Crippen LogP contribution in [0.2, 0.25) is 0 Å². The number of unbranched alkanes of at least 4 members (excludes halogenated alkanes) is 25. The Labute approximate surface area is 368 Å². The summed E-state index contributed by atoms with van der Waals surface area (Å²) in [5.41, 5.74) is 0. The molecule has 3 N–H and O–H groups in total. The molecule has 60 heavy (non-hydrogen) atoms. The minimum absolute atomic E-state index is 0.0466. The predicted molar refractivity (Wildman–Crippen MR) is 251 cm³/mol. The Kier molecular flexibility index (Phi) is 45.7. The summed E-state index contributed by atoms with van der Waals surface area (Å²) >= 11 is 0. The summed E-state index contributed by atoms with van der Waals surface area (Å²) in [5, 5.41) is 18.4. The summed E-state index contributed by atoms with van der Waals surface area (Å²) in [4.78, 5) is 22.7. The summed E-state index contributed by atoms with van der Waals surface area (Å²) in [6, 6.07) is 0. The van der Waals surface area contributed by atoms with Crippen LogP contribution in [0.3, 0.4) is 0 Å². The molecule has 3 atom stereocenters. The van der Waals surface area contributed by atoms with E-state index >= 15 is 0 Å². The van der Waals surface area contributed by atoms with Crippen molar-refractivity contribution < 1.29 is 43.0 Å². The van der Waals surface area contributed by atoms with Crippen molar-refractivity contribution in [3.05, 3.63) is 48.6 Å². The predicted octanol–water partition coefficient (Wildman–Crippen LogP) is 14.1. The molecule has 3 unspecified atom stereocenters. The van der Waals surface area contributed by atoms with Crippen LogP contribution >= 0.6 is 7.82 Å². The first-order chi connectivity index (χ1) is 29.3. The molecule has 0 aromatic carbocycles. The van der Waals surface area contributed by atoms with Gasteiger partial charge in [0.1, 0.15) is 12.2 Å². The topological polar surface area (TPSA) is 132 Å². The Balaban J connectivity index is 4.09. The second-order valence-corrected chi connectivity index (χ2v) is 17.9. The molecule has 0 fully saturated rings. The minimum atomic E-state index is -4.52. The van der Waals surface area contributed by atoms with Crippen LogP contribution in [0.1, 0.15) is 219 Å². The number of ether oxygens (including phenoxy) is 2. The van der Waals surface area contributed by atoms with Gasteiger partial charge >= 0.3 is 13.8 Å². The lowest BCUT2D eigenvalue weighted by Gasteiger charge is -2.20. The fourth-order valence-electron chi connectivity index (χ4n) is 6.82. The molecule has 0 bridgehead atoms. The van der Waals surface area contributed by atoms with E-state index < -0.39 is 33.2 Å². The standard InChI is InChI=1S/C50H93O9P/c1-3-5-7-9-11-13-15-17-19-21-22-23-24-25-27-29-31-33-35-37-39-41-43-56-46-49(47-58-60(54,55)57-45-48(52)44-51)59-50(53)42-40-38-36-34-32-30-28-26-20-18-16-14-12-10-8-6-4-2/h5,7,11,13,17,19,22-23,48-49,51-52H,3-4,6,8-10,12,14-16,18,20-21,24-47H2,1-2H3,(H,54,55)/b7-5-,13-11-,19-17-,23-22-. The molecular formula is C50H93O9P. The first kappa shape index (κ1) is 58.4. The highest BCUT2D eigenvalue weighted by atomic mass is 31.2. The van der Waals surface area contributed by atoms with Crippen molar-refractivity contribution in [3.63, 3.8) is 0 Å². The molecule has 0 aliphatic rings. The van der Waals surface area contributed by atoms with Crippen molar-refractivity contribution in [2.45, 2.75) is 232 Å². The van der Waals surface area contributed by atoms with Gasteiger partial charge in [-0.15, -0.1) is 0 Å². The number of phosphoric ester groups is 1. The van der Waals surface area contributed by atoms with Crippen molar-refractivity contribution >= 4 is 13.8 Å². The van der Waals surface area contributed by atoms with E-state index in [2.05, 4.69) is 62.5 Å². The lowest BCUT2D eigenvalue weighted by Crippen LogP contribution is -2.29. The highest BCUT2D eigenvalue weighted by Crippen LogP contribution is 2.43. The normalized spacial score (nSPS) is 14.3. The van der Waals surface area contributed by atoms with Gasteiger partial charge in [0.05, 0.1) is 26.4 Å². The smallest absolute Gasteiger partial charge is 0.457 e. The van der Waals surface area contributed by atoms with Gasteiger partial charge in [-0.2, -0.15) is 0 Å². The van der Waals surface area contributed by atoms with Gasteiger partial charge in [0.15, 0.2) is 0 Å². The molecule has 0 saturated carbocycles. The van der Waals surface area contributed by atoms with Crippen LogP contribution in [0.5, 0.6) is 0 Å². The van der Waals surface area contributed by atoms with Crippen molar-refractivity contribution in [1.82, 2.24) is 0 Å². The summed E-state index contributed by atoms with van der Waals surface area (Å²) < 4.78 is 33.5. The van der Waals surface area contributed by atoms with Crippen LogP contribution in [0.25, 0.3) is 0 Å². The Hall–Kier alpha value is -1.58. The number of allylic oxidation sites excluding steroid dienone is 8. The number of aliphatic hydroxyl groups is 2. The van der Waals surface area contributed by atoms with Crippen molar-refractivity contribution in [2.75, 3.05) is 33.0 Å². The summed E-state index contributed by atoms with van der Waals surface area (Å²) in [6.07, 6.45) is 53.6. The van der Waals surface area contributed by atoms with Gasteiger partial charge in [-0.25, -0.2) is 4.57 Å². The average molecular weight is 869 g/mol. The number of phosphoric acid groups is 1. The zero-order chi connectivity index (χ0) is 43.9. The second kappa shape index (κ2) is 46.9. The third-order valence-corrected chi connectivity index (χ3v) is 11.5. The van der Waals surface area contributed by atoms with Gasteiger partial charge in [-0.3, -0.25) is 13.8 Å². The first-order valence-corrected chi connectivity index (χ1v) is 26.1. The first-order valence-electron chi connectivity index (χ1n) is 24.6. The molecule has 0 aliphatic heterocycles. The van der Waals surface area contributed by atoms with Gasteiger partial charge in [-0.1, -0.05) is 210 Å². The Morgan fingerprint density at radius 3 is 1.43 bits per heavy atom. The monoisotopic (exact) mass is 869 g/mol. The van der Waals surface area contributed by atoms with E-state index in [0.29, 0.717) is 6.61 Å². The van der Waals surface area contributed by atoms with E-state index in [-0.39, 0.29) is 25.6 Å². The third kappa shape index (κ3) is 45.9. The fraction of sp³-hybridized carbons (Fsp3) is 0.820. The zero-order valence-electron chi connectivity index (χ0n) is 38.7. The van der Waals surface area contributed by atoms with Crippen LogP contribution in [0, 0.1) is 0 Å². The van der Waals surface area contributed by atoms with Crippen LogP contribution in [0.4, 0.5) is 0 Å². The van der Waals surface area contributed by atoms with Gasteiger partial charge in [0.2, 0.25) is 0 Å². The number of esters is 1. The summed E-state index contributed by atoms with van der Waals surface area (Å²) in [6.45, 7) is 3.43. The van der Waals surface area contributed by atoms with E-state index in [4.69, 9.17) is 23.6 Å². The van der Waals surface area contributed by atoms with Crippen LogP contribution < -0.4 is 0 Å². The molecule has 10 heteroatoms. The molecule has 0 heterocycles. The van der Waals surface area contributed by atoms with Gasteiger partial charge in [0, 0.05) is 13.0 Å². The molecular weight excluding hydrogens is 776 g/mol. The molecule has 0 amide bonds. The molecule has 0 aliphatic carbocycles. The van der Waals surface area contributed by atoms with Gasteiger partial charge in [-0.05, 0) is 51.4 Å². The Morgan fingerprint density at radius 1 is 0.533 bits per heavy atom. The van der Waals surface area contributed by atoms with Crippen LogP contribution in [-0.4, -0.2) is 66.3 Å². The van der Waals surface area contributed by atoms with Crippen molar-refractivity contribution in [2.24, 2.45) is 0 Å². The van der Waals surface area contributed by atoms with Gasteiger partial charge in [0.25, 0.3) is 0 Å². The highest BCUT2D eigenvalue weighted by Gasteiger charge is 2.26. The minimum Gasteiger partial charge on any atom is -0.457 e. The van der Waals surface area contributed by atoms with Crippen molar-refractivity contribution in [3.8, 4) is 0 Å². The number of carbonyl (C=O) groups is 1. The maximum atomic E-state index is 12.7. The van der Waals surface area contributed by atoms with Crippen molar-refractivity contribution in [1.29, 1.82) is 0 Å². The lowest BCUT2D eigenvalue weighted by molar-refractivity contribution is -0.154. The van der Waals surface area contributed by atoms with Crippen LogP contribution in [-0.2, 0) is 27.9 Å². The second-order valence-electron chi connectivity index (χ2n) is 16.5. The molecule has 0 spiro atoms. The van der Waals surface area contributed by atoms with E-state index in [0.717, 1.165) is 70.6 Å². The van der Waals surface area contributed by atoms with E-state index in [1.165, 1.54) is 128 Å². The molecule has 0 radical (unpaired) electrons. The maximum Gasteiger partial charge on any atom is 0.472 e. The lowest BCUT2D eigenvalue weighted by atomic mass is 10.0. The molecule has 9 nitrogen and oxygen atoms in total. The summed E-state index contributed by atoms with van der Waals surface area (Å²) in [5.74, 6) is -0.382. The maximum absolute atomic E-state index is 12.7. The Bertz CT molecular complexity index is 1080. The number of carbonyl (C=O) groups excluding carboxylic acids is 1. The number of hydrogen-bond acceptors (Lipinski definition) is 8. The number of rotatable bonds is 47. The van der Waals surface area contributed by atoms with Crippen LogP contribution in [0.15, 0.2) is 48.6 Å². The number of hydrogen-bond donors (Lipinski definition) is 3. The molecule has 0 aromatic rings. The molecule has 0 aromatic heterocycles. The number of aliphatic hydroxyl groups excluding tert-OH is 2.